The van der Waals surface area contributed by atoms with E-state index < -0.39 is 17.5 Å². The van der Waals surface area contributed by atoms with Crippen LogP contribution in [0.3, 0.4) is 0 Å². The number of nitrogens with zero attached hydrogens (tertiary/aromatic N) is 1. The Kier molecular flexibility index (Phi) is 3.19. The Morgan fingerprint density at radius 3 is 2.06 bits per heavy atom. The molecule has 0 aliphatic rings. The number of hydrogen-bond donors (Lipinski definition) is 0. The van der Waals surface area contributed by atoms with Crippen LogP contribution in [0.5, 0.6) is 0 Å². The van der Waals surface area contributed by atoms with Gasteiger partial charge in [0.15, 0.2) is 0 Å². The Morgan fingerprint density at radius 1 is 1.06 bits per heavy atom. The predicted molar refractivity (Wildman–Crippen MR) is 66.1 cm³/mol. The highest BCUT2D eigenvalue weighted by Gasteiger charge is 2.21. The summed E-state index contributed by atoms with van der Waals surface area (Å²) in [5.41, 5.74) is 0.296. The summed E-state index contributed by atoms with van der Waals surface area (Å²) in [5, 5.41) is 1.99. The fourth-order valence-electron chi connectivity index (χ4n) is 1.48. The first-order chi connectivity index (χ1) is 8.29. The average molecular weight is 271 g/mol. The van der Waals surface area contributed by atoms with Gasteiger partial charge in [-0.3, -0.25) is 0 Å². The van der Waals surface area contributed by atoms with E-state index in [4.69, 9.17) is 0 Å². The molecule has 0 aliphatic carbocycles. The third kappa shape index (κ3) is 2.41. The second-order valence-corrected chi connectivity index (χ2v) is 5.89. The number of rotatable bonds is 1. The van der Waals surface area contributed by atoms with Gasteiger partial charge in [-0.05, 0) is 0 Å². The highest BCUT2D eigenvalue weighted by molar-refractivity contribution is 7.13. The number of aromatic nitrogens is 1. The van der Waals surface area contributed by atoms with Gasteiger partial charge in [-0.1, -0.05) is 20.8 Å². The smallest absolute Gasteiger partial charge is 0.139 e. The Bertz CT molecular complexity index is 561. The summed E-state index contributed by atoms with van der Waals surface area (Å²) in [5.74, 6) is -2.79. The molecule has 2 aromatic rings. The van der Waals surface area contributed by atoms with Crippen LogP contribution in [0.25, 0.3) is 10.6 Å². The molecule has 5 heteroatoms. The molecule has 0 fully saturated rings. The van der Waals surface area contributed by atoms with Crippen LogP contribution in [0.4, 0.5) is 13.2 Å². The van der Waals surface area contributed by atoms with Crippen molar-refractivity contribution in [3.8, 4) is 10.6 Å². The second kappa shape index (κ2) is 4.39. The van der Waals surface area contributed by atoms with E-state index in [2.05, 4.69) is 4.98 Å². The monoisotopic (exact) mass is 271 g/mol. The lowest BCUT2D eigenvalue weighted by Gasteiger charge is -2.14. The van der Waals surface area contributed by atoms with Gasteiger partial charge < -0.3 is 0 Å². The first kappa shape index (κ1) is 13.1. The molecule has 0 atom stereocenters. The molecule has 0 bridgehead atoms. The zero-order valence-electron chi connectivity index (χ0n) is 10.2. The molecule has 0 N–H and O–H groups in total. The van der Waals surface area contributed by atoms with E-state index in [-0.39, 0.29) is 16.0 Å². The summed E-state index contributed by atoms with van der Waals surface area (Å²) in [4.78, 5) is 4.22. The topological polar surface area (TPSA) is 12.9 Å². The fourth-order valence-corrected chi connectivity index (χ4v) is 2.57. The van der Waals surface area contributed by atoms with Crippen molar-refractivity contribution in [1.29, 1.82) is 0 Å². The molecule has 0 saturated heterocycles. The molecule has 18 heavy (non-hydrogen) atoms. The van der Waals surface area contributed by atoms with Crippen LogP contribution in [-0.2, 0) is 5.41 Å². The summed E-state index contributed by atoms with van der Waals surface area (Å²) < 4.78 is 40.0. The summed E-state index contributed by atoms with van der Waals surface area (Å²) in [6.45, 7) is 5.88. The standard InChI is InChI=1S/C13H12F3NS/c1-13(2,3)10-6-18-12(17-10)11-8(15)4-7(14)5-9(11)16/h4-6H,1-3H3. The van der Waals surface area contributed by atoms with Crippen molar-refractivity contribution < 1.29 is 13.2 Å². The van der Waals surface area contributed by atoms with E-state index in [0.29, 0.717) is 12.1 Å². The van der Waals surface area contributed by atoms with Crippen molar-refractivity contribution in [3.63, 3.8) is 0 Å². The van der Waals surface area contributed by atoms with Crippen molar-refractivity contribution in [2.24, 2.45) is 0 Å². The van der Waals surface area contributed by atoms with E-state index in [1.165, 1.54) is 0 Å². The number of halogens is 3. The summed E-state index contributed by atoms with van der Waals surface area (Å²) in [6, 6.07) is 1.33. The highest BCUT2D eigenvalue weighted by Crippen LogP contribution is 2.33. The SMILES string of the molecule is CC(C)(C)c1csc(-c2c(F)cc(F)cc2F)n1. The minimum atomic E-state index is -0.929. The van der Waals surface area contributed by atoms with Crippen LogP contribution >= 0.6 is 11.3 Å². The summed E-state index contributed by atoms with van der Waals surface area (Å²) >= 11 is 1.15. The van der Waals surface area contributed by atoms with E-state index in [1.54, 1.807) is 5.38 Å². The Labute approximate surface area is 107 Å². The Hall–Kier alpha value is -1.36. The summed E-state index contributed by atoms with van der Waals surface area (Å²) in [7, 11) is 0. The van der Waals surface area contributed by atoms with Gasteiger partial charge in [0.25, 0.3) is 0 Å². The number of hydrogen-bond acceptors (Lipinski definition) is 2. The van der Waals surface area contributed by atoms with E-state index in [0.717, 1.165) is 17.0 Å². The largest absolute Gasteiger partial charge is 0.240 e. The van der Waals surface area contributed by atoms with Gasteiger partial charge >= 0.3 is 0 Å². The first-order valence-electron chi connectivity index (χ1n) is 5.40. The lowest BCUT2D eigenvalue weighted by molar-refractivity contribution is 0.546. The van der Waals surface area contributed by atoms with Crippen LogP contribution in [0.1, 0.15) is 26.5 Å². The molecule has 96 valence electrons. The first-order valence-corrected chi connectivity index (χ1v) is 6.28. The average Bonchev–Trinajstić information content (AvgIpc) is 2.64. The van der Waals surface area contributed by atoms with Crippen LogP contribution in [0, 0.1) is 17.5 Å². The molecule has 0 aliphatic heterocycles. The van der Waals surface area contributed by atoms with Crippen LogP contribution in [-0.4, -0.2) is 4.98 Å². The predicted octanol–water partition coefficient (Wildman–Crippen LogP) is 4.52. The molecule has 1 aromatic carbocycles. The quantitative estimate of drug-likeness (QED) is 0.742. The van der Waals surface area contributed by atoms with E-state index in [1.807, 2.05) is 20.8 Å². The fraction of sp³-hybridized carbons (Fsp3) is 0.308. The van der Waals surface area contributed by atoms with Crippen molar-refractivity contribution >= 4 is 11.3 Å². The van der Waals surface area contributed by atoms with Gasteiger partial charge in [0.2, 0.25) is 0 Å². The van der Waals surface area contributed by atoms with Gasteiger partial charge in [-0.15, -0.1) is 11.3 Å². The molecule has 0 spiro atoms. The van der Waals surface area contributed by atoms with Crippen LogP contribution in [0.15, 0.2) is 17.5 Å². The molecular formula is C13H12F3NS. The molecule has 0 saturated carbocycles. The Balaban J connectivity index is 2.53. The van der Waals surface area contributed by atoms with Gasteiger partial charge in [0.1, 0.15) is 22.5 Å². The zero-order chi connectivity index (χ0) is 13.5. The van der Waals surface area contributed by atoms with Gasteiger partial charge in [0, 0.05) is 22.9 Å². The molecule has 2 rings (SSSR count). The second-order valence-electron chi connectivity index (χ2n) is 5.03. The normalized spacial score (nSPS) is 11.9. The molecule has 0 amide bonds. The van der Waals surface area contributed by atoms with Crippen LogP contribution < -0.4 is 0 Å². The Morgan fingerprint density at radius 2 is 1.61 bits per heavy atom. The number of benzene rings is 1. The lowest BCUT2D eigenvalue weighted by atomic mass is 9.93. The van der Waals surface area contributed by atoms with E-state index in [9.17, 15) is 13.2 Å². The van der Waals surface area contributed by atoms with Crippen molar-refractivity contribution in [1.82, 2.24) is 4.98 Å². The zero-order valence-corrected chi connectivity index (χ0v) is 11.0. The molecular weight excluding hydrogens is 259 g/mol. The minimum absolute atomic E-state index is 0.193. The van der Waals surface area contributed by atoms with Crippen LogP contribution in [0.2, 0.25) is 0 Å². The maximum atomic E-state index is 13.6. The maximum Gasteiger partial charge on any atom is 0.139 e. The molecule has 1 aromatic heterocycles. The third-order valence-corrected chi connectivity index (χ3v) is 3.35. The van der Waals surface area contributed by atoms with Gasteiger partial charge in [-0.25, -0.2) is 18.2 Å². The van der Waals surface area contributed by atoms with E-state index >= 15 is 0 Å². The maximum absolute atomic E-state index is 13.6. The molecule has 0 unspecified atom stereocenters. The van der Waals surface area contributed by atoms with Gasteiger partial charge in [-0.2, -0.15) is 0 Å². The van der Waals surface area contributed by atoms with Crippen molar-refractivity contribution in [3.05, 3.63) is 40.7 Å². The molecule has 0 radical (unpaired) electrons. The summed E-state index contributed by atoms with van der Waals surface area (Å²) in [6.07, 6.45) is 0. The van der Waals surface area contributed by atoms with Crippen molar-refractivity contribution in [2.45, 2.75) is 26.2 Å². The van der Waals surface area contributed by atoms with Crippen molar-refractivity contribution in [2.75, 3.05) is 0 Å². The van der Waals surface area contributed by atoms with Gasteiger partial charge in [0.05, 0.1) is 11.3 Å². The third-order valence-electron chi connectivity index (χ3n) is 2.49. The molecule has 1 nitrogen and oxygen atoms in total. The highest BCUT2D eigenvalue weighted by atomic mass is 32.1. The number of thiazole rings is 1. The lowest BCUT2D eigenvalue weighted by Crippen LogP contribution is -2.11. The minimum Gasteiger partial charge on any atom is -0.240 e. The molecule has 1 heterocycles.